The van der Waals surface area contributed by atoms with Gasteiger partial charge in [0.2, 0.25) is 5.89 Å². The predicted molar refractivity (Wildman–Crippen MR) is 103 cm³/mol. The first-order valence-corrected chi connectivity index (χ1v) is 8.85. The van der Waals surface area contributed by atoms with Crippen molar-refractivity contribution < 1.29 is 13.9 Å². The fraction of sp³-hybridized carbons (Fsp3) is 0.318. The lowest BCUT2D eigenvalue weighted by molar-refractivity contribution is -0.125. The van der Waals surface area contributed by atoms with Gasteiger partial charge in [-0.3, -0.25) is 4.79 Å². The lowest BCUT2D eigenvalue weighted by Gasteiger charge is -2.21. The summed E-state index contributed by atoms with van der Waals surface area (Å²) in [5.41, 5.74) is 2.24. The van der Waals surface area contributed by atoms with Gasteiger partial charge in [-0.15, -0.1) is 0 Å². The van der Waals surface area contributed by atoms with Crippen LogP contribution in [0.3, 0.4) is 0 Å². The summed E-state index contributed by atoms with van der Waals surface area (Å²) in [5, 5.41) is 9.51. The number of aromatic nitrogens is 1. The number of hydrogen-bond acceptors (Lipinski definition) is 5. The molecule has 0 N–H and O–H groups in total. The Hall–Kier alpha value is -3.13. The third kappa shape index (κ3) is 4.01. The number of hydrogen-bond donors (Lipinski definition) is 0. The Morgan fingerprint density at radius 3 is 2.59 bits per heavy atom. The van der Waals surface area contributed by atoms with Gasteiger partial charge in [0.25, 0.3) is 0 Å². The summed E-state index contributed by atoms with van der Waals surface area (Å²) in [6.07, 6.45) is -0.806. The summed E-state index contributed by atoms with van der Waals surface area (Å²) in [6.45, 7) is 7.97. The zero-order chi connectivity index (χ0) is 19.6. The first-order chi connectivity index (χ1) is 12.8. The monoisotopic (exact) mass is 362 g/mol. The number of carbonyl (C=O) groups excluding carboxylic acids is 1. The molecule has 5 heteroatoms. The van der Waals surface area contributed by atoms with Crippen LogP contribution in [0.5, 0.6) is 5.75 Å². The van der Waals surface area contributed by atoms with Crippen molar-refractivity contribution in [2.75, 3.05) is 0 Å². The maximum absolute atomic E-state index is 12.8. The SMILES string of the molecule is C[C@H](Oc1cccc(C(C)(C)C)c1)C(=O)[C@@H](C#N)c1nc2ccccc2o1. The van der Waals surface area contributed by atoms with Crippen molar-refractivity contribution in [3.05, 3.63) is 60.0 Å². The summed E-state index contributed by atoms with van der Waals surface area (Å²) >= 11 is 0. The van der Waals surface area contributed by atoms with Gasteiger partial charge in [-0.2, -0.15) is 5.26 Å². The van der Waals surface area contributed by atoms with Crippen LogP contribution in [0.15, 0.2) is 52.9 Å². The maximum Gasteiger partial charge on any atom is 0.220 e. The highest BCUT2D eigenvalue weighted by Gasteiger charge is 2.31. The van der Waals surface area contributed by atoms with Crippen LogP contribution in [-0.4, -0.2) is 16.9 Å². The predicted octanol–water partition coefficient (Wildman–Crippen LogP) is 4.77. The van der Waals surface area contributed by atoms with Crippen molar-refractivity contribution in [1.29, 1.82) is 5.26 Å². The molecule has 27 heavy (non-hydrogen) atoms. The quantitative estimate of drug-likeness (QED) is 0.653. The van der Waals surface area contributed by atoms with Gasteiger partial charge in [0.15, 0.2) is 23.4 Å². The first-order valence-electron chi connectivity index (χ1n) is 8.85. The van der Waals surface area contributed by atoms with E-state index in [0.717, 1.165) is 5.56 Å². The molecule has 2 aromatic carbocycles. The van der Waals surface area contributed by atoms with Crippen LogP contribution in [0.4, 0.5) is 0 Å². The molecule has 1 heterocycles. The van der Waals surface area contributed by atoms with Crippen LogP contribution in [0, 0.1) is 11.3 Å². The number of ether oxygens (including phenoxy) is 1. The van der Waals surface area contributed by atoms with Gasteiger partial charge in [0.05, 0.1) is 6.07 Å². The molecule has 0 saturated carbocycles. The molecule has 0 unspecified atom stereocenters. The Bertz CT molecular complexity index is 975. The van der Waals surface area contributed by atoms with Crippen LogP contribution in [0.2, 0.25) is 0 Å². The van der Waals surface area contributed by atoms with Crippen molar-refractivity contribution in [3.63, 3.8) is 0 Å². The van der Waals surface area contributed by atoms with Crippen LogP contribution in [-0.2, 0) is 10.2 Å². The summed E-state index contributed by atoms with van der Waals surface area (Å²) in [7, 11) is 0. The van der Waals surface area contributed by atoms with Crippen LogP contribution in [0.1, 0.15) is 45.1 Å². The van der Waals surface area contributed by atoms with Gasteiger partial charge in [-0.1, -0.05) is 45.0 Å². The largest absolute Gasteiger partial charge is 0.483 e. The summed E-state index contributed by atoms with van der Waals surface area (Å²) in [5.74, 6) is -0.802. The minimum absolute atomic E-state index is 0.0278. The molecule has 138 valence electrons. The van der Waals surface area contributed by atoms with E-state index in [1.54, 1.807) is 25.1 Å². The van der Waals surface area contributed by atoms with Crippen molar-refractivity contribution in [3.8, 4) is 11.8 Å². The third-order valence-corrected chi connectivity index (χ3v) is 4.38. The number of fused-ring (bicyclic) bond motifs is 1. The summed E-state index contributed by atoms with van der Waals surface area (Å²) in [4.78, 5) is 17.1. The number of carbonyl (C=O) groups is 1. The van der Waals surface area contributed by atoms with E-state index in [9.17, 15) is 10.1 Å². The van der Waals surface area contributed by atoms with Crippen LogP contribution < -0.4 is 4.74 Å². The van der Waals surface area contributed by atoms with E-state index in [-0.39, 0.29) is 17.1 Å². The molecule has 0 aliphatic heterocycles. The van der Waals surface area contributed by atoms with Gasteiger partial charge in [0, 0.05) is 0 Å². The van der Waals surface area contributed by atoms with Crippen LogP contribution >= 0.6 is 0 Å². The van der Waals surface area contributed by atoms with Gasteiger partial charge >= 0.3 is 0 Å². The highest BCUT2D eigenvalue weighted by molar-refractivity contribution is 5.91. The number of rotatable bonds is 5. The molecule has 0 fully saturated rings. The molecule has 0 bridgehead atoms. The zero-order valence-electron chi connectivity index (χ0n) is 15.9. The molecule has 1 aromatic heterocycles. The zero-order valence-corrected chi connectivity index (χ0v) is 15.9. The number of oxazole rings is 1. The minimum atomic E-state index is -1.11. The standard InChI is InChI=1S/C22H22N2O3/c1-14(26-16-9-7-8-15(12-16)22(2,3)4)20(25)17(13-23)21-24-18-10-5-6-11-19(18)27-21/h5-12,14,17H,1-4H3/t14-,17+/m0/s1. The second-order valence-electron chi connectivity index (χ2n) is 7.52. The lowest BCUT2D eigenvalue weighted by Crippen LogP contribution is -2.29. The van der Waals surface area contributed by atoms with Crippen molar-refractivity contribution >= 4 is 16.9 Å². The van der Waals surface area contributed by atoms with E-state index in [4.69, 9.17) is 9.15 Å². The van der Waals surface area contributed by atoms with Crippen molar-refractivity contribution in [2.45, 2.75) is 45.1 Å². The summed E-state index contributed by atoms with van der Waals surface area (Å²) in [6, 6.07) is 16.8. The van der Waals surface area contributed by atoms with Gasteiger partial charge in [-0.05, 0) is 42.2 Å². The second kappa shape index (κ2) is 7.24. The van der Waals surface area contributed by atoms with Gasteiger partial charge < -0.3 is 9.15 Å². The van der Waals surface area contributed by atoms with E-state index in [1.807, 2.05) is 36.4 Å². The third-order valence-electron chi connectivity index (χ3n) is 4.38. The first kappa shape index (κ1) is 18.7. The molecule has 0 aliphatic carbocycles. The molecule has 0 amide bonds. The molecule has 0 aliphatic rings. The van der Waals surface area contributed by atoms with E-state index >= 15 is 0 Å². The van der Waals surface area contributed by atoms with E-state index < -0.39 is 12.0 Å². The summed E-state index contributed by atoms with van der Waals surface area (Å²) < 4.78 is 11.4. The van der Waals surface area contributed by atoms with Gasteiger partial charge in [0.1, 0.15) is 11.3 Å². The number of para-hydroxylation sites is 2. The van der Waals surface area contributed by atoms with E-state index in [2.05, 4.69) is 25.8 Å². The highest BCUT2D eigenvalue weighted by atomic mass is 16.5. The molecular weight excluding hydrogens is 340 g/mol. The minimum Gasteiger partial charge on any atom is -0.483 e. The van der Waals surface area contributed by atoms with E-state index in [0.29, 0.717) is 16.8 Å². The lowest BCUT2D eigenvalue weighted by atomic mass is 9.87. The number of nitrogens with zero attached hydrogens (tertiary/aromatic N) is 2. The molecule has 3 aromatic rings. The molecule has 2 atom stereocenters. The Labute approximate surface area is 158 Å². The average molecular weight is 362 g/mol. The molecule has 0 spiro atoms. The highest BCUT2D eigenvalue weighted by Crippen LogP contribution is 2.27. The normalized spacial score (nSPS) is 13.7. The second-order valence-corrected chi connectivity index (χ2v) is 7.52. The van der Waals surface area contributed by atoms with E-state index in [1.165, 1.54) is 0 Å². The van der Waals surface area contributed by atoms with Gasteiger partial charge in [-0.25, -0.2) is 4.98 Å². The Kier molecular flexibility index (Phi) is 5.00. The van der Waals surface area contributed by atoms with Crippen molar-refractivity contribution in [1.82, 2.24) is 4.98 Å². The maximum atomic E-state index is 12.8. The smallest absolute Gasteiger partial charge is 0.220 e. The Morgan fingerprint density at radius 1 is 1.19 bits per heavy atom. The average Bonchev–Trinajstić information content (AvgIpc) is 3.05. The molecule has 5 nitrogen and oxygen atoms in total. The topological polar surface area (TPSA) is 76.1 Å². The van der Waals surface area contributed by atoms with Crippen molar-refractivity contribution in [2.24, 2.45) is 0 Å². The fourth-order valence-electron chi connectivity index (χ4n) is 2.79. The molecule has 0 radical (unpaired) electrons. The van der Waals surface area contributed by atoms with Crippen LogP contribution in [0.25, 0.3) is 11.1 Å². The number of ketones is 1. The number of Topliss-reactive ketones (excluding diaryl/α,β-unsaturated/α-hetero) is 1. The Morgan fingerprint density at radius 2 is 1.93 bits per heavy atom. The number of nitriles is 1. The number of benzene rings is 2. The molecular formula is C22H22N2O3. The molecule has 3 rings (SSSR count). The molecule has 0 saturated heterocycles. The Balaban J connectivity index is 1.80. The fourth-order valence-corrected chi connectivity index (χ4v) is 2.79.